The van der Waals surface area contributed by atoms with Crippen molar-refractivity contribution in [1.82, 2.24) is 4.90 Å². The normalized spacial score (nSPS) is 20.1. The Hall–Kier alpha value is -1.84. The minimum absolute atomic E-state index is 0.000823. The summed E-state index contributed by atoms with van der Waals surface area (Å²) < 4.78 is 0. The fourth-order valence-electron chi connectivity index (χ4n) is 2.87. The van der Waals surface area contributed by atoms with Gasteiger partial charge in [-0.25, -0.2) is 0 Å². The van der Waals surface area contributed by atoms with E-state index < -0.39 is 0 Å². The zero-order valence-electron chi connectivity index (χ0n) is 14.1. The summed E-state index contributed by atoms with van der Waals surface area (Å²) >= 11 is 0. The molecule has 4 nitrogen and oxygen atoms in total. The molecule has 0 aliphatic heterocycles. The largest absolute Gasteiger partial charge is 0.334 e. The molecule has 2 unspecified atom stereocenters. The van der Waals surface area contributed by atoms with Crippen molar-refractivity contribution in [2.75, 3.05) is 5.32 Å². The first-order valence-electron chi connectivity index (χ1n) is 8.04. The second-order valence-electron chi connectivity index (χ2n) is 6.79. The topological polar surface area (TPSA) is 49.4 Å². The van der Waals surface area contributed by atoms with Gasteiger partial charge in [0.15, 0.2) is 0 Å². The number of anilines is 1. The molecule has 1 saturated carbocycles. The van der Waals surface area contributed by atoms with Gasteiger partial charge in [-0.2, -0.15) is 0 Å². The molecule has 120 valence electrons. The smallest absolute Gasteiger partial charge is 0.254 e. The van der Waals surface area contributed by atoms with Crippen molar-refractivity contribution in [3.63, 3.8) is 0 Å². The number of carbonyl (C=O) groups is 2. The molecule has 0 bridgehead atoms. The van der Waals surface area contributed by atoms with Gasteiger partial charge < -0.3 is 10.2 Å². The van der Waals surface area contributed by atoms with Crippen LogP contribution in [0.15, 0.2) is 24.3 Å². The summed E-state index contributed by atoms with van der Waals surface area (Å²) in [4.78, 5) is 26.5. The van der Waals surface area contributed by atoms with E-state index >= 15 is 0 Å². The number of nitrogens with one attached hydrogen (secondary N) is 1. The maximum absolute atomic E-state index is 12.7. The Labute approximate surface area is 132 Å². The van der Waals surface area contributed by atoms with E-state index in [1.54, 1.807) is 12.1 Å². The quantitative estimate of drug-likeness (QED) is 0.904. The highest BCUT2D eigenvalue weighted by atomic mass is 16.2. The molecular formula is C18H26N2O2. The summed E-state index contributed by atoms with van der Waals surface area (Å²) in [5.74, 6) is 0.659. The van der Waals surface area contributed by atoms with Crippen LogP contribution in [0, 0.1) is 11.8 Å². The summed E-state index contributed by atoms with van der Waals surface area (Å²) in [5.41, 5.74) is 1.31. The van der Waals surface area contributed by atoms with Crippen molar-refractivity contribution in [3.05, 3.63) is 29.8 Å². The molecule has 0 spiro atoms. The van der Waals surface area contributed by atoms with Crippen LogP contribution in [0.2, 0.25) is 0 Å². The third kappa shape index (κ3) is 3.67. The third-order valence-electron chi connectivity index (χ3n) is 4.17. The molecule has 1 aliphatic rings. The van der Waals surface area contributed by atoms with E-state index in [1.807, 2.05) is 44.7 Å². The predicted molar refractivity (Wildman–Crippen MR) is 88.8 cm³/mol. The molecule has 1 N–H and O–H groups in total. The van der Waals surface area contributed by atoms with Crippen molar-refractivity contribution >= 4 is 17.5 Å². The average Bonchev–Trinajstić information content (AvgIpc) is 3.15. The van der Waals surface area contributed by atoms with Crippen molar-refractivity contribution in [3.8, 4) is 0 Å². The monoisotopic (exact) mass is 302 g/mol. The first kappa shape index (κ1) is 16.5. The van der Waals surface area contributed by atoms with Gasteiger partial charge in [-0.15, -0.1) is 0 Å². The van der Waals surface area contributed by atoms with Crippen LogP contribution in [0.3, 0.4) is 0 Å². The van der Waals surface area contributed by atoms with Crippen LogP contribution >= 0.6 is 0 Å². The Morgan fingerprint density at radius 3 is 2.27 bits per heavy atom. The highest BCUT2D eigenvalue weighted by Gasteiger charge is 2.39. The van der Waals surface area contributed by atoms with Gasteiger partial charge >= 0.3 is 0 Å². The van der Waals surface area contributed by atoms with Crippen LogP contribution < -0.4 is 5.32 Å². The third-order valence-corrected chi connectivity index (χ3v) is 4.17. The lowest BCUT2D eigenvalue weighted by Gasteiger charge is -2.31. The Balaban J connectivity index is 2.13. The molecule has 1 aliphatic carbocycles. The second-order valence-corrected chi connectivity index (χ2v) is 6.79. The lowest BCUT2D eigenvalue weighted by atomic mass is 10.1. The molecule has 0 radical (unpaired) electrons. The maximum Gasteiger partial charge on any atom is 0.254 e. The fourth-order valence-corrected chi connectivity index (χ4v) is 2.87. The summed E-state index contributed by atoms with van der Waals surface area (Å²) in [6.45, 7) is 10.1. The van der Waals surface area contributed by atoms with Gasteiger partial charge in [0.05, 0.1) is 0 Å². The SMILES string of the molecule is CC1CC1C(=O)Nc1cccc(C(=O)N(C(C)C)C(C)C)c1. The van der Waals surface area contributed by atoms with E-state index in [9.17, 15) is 9.59 Å². The maximum atomic E-state index is 12.7. The molecule has 0 heterocycles. The van der Waals surface area contributed by atoms with Crippen LogP contribution in [0.5, 0.6) is 0 Å². The van der Waals surface area contributed by atoms with E-state index in [4.69, 9.17) is 0 Å². The molecule has 0 saturated heterocycles. The van der Waals surface area contributed by atoms with Crippen molar-refractivity contribution < 1.29 is 9.59 Å². The highest BCUT2D eigenvalue weighted by Crippen LogP contribution is 2.38. The molecule has 22 heavy (non-hydrogen) atoms. The van der Waals surface area contributed by atoms with E-state index in [1.165, 1.54) is 0 Å². The second kappa shape index (κ2) is 6.51. The number of hydrogen-bond donors (Lipinski definition) is 1. The number of benzene rings is 1. The van der Waals surface area contributed by atoms with Crippen LogP contribution in [-0.4, -0.2) is 28.8 Å². The van der Waals surface area contributed by atoms with Crippen LogP contribution in [0.4, 0.5) is 5.69 Å². The first-order valence-corrected chi connectivity index (χ1v) is 8.04. The van der Waals surface area contributed by atoms with Crippen molar-refractivity contribution in [2.45, 2.75) is 53.1 Å². The summed E-state index contributed by atoms with van der Waals surface area (Å²) in [6.07, 6.45) is 0.957. The lowest BCUT2D eigenvalue weighted by Crippen LogP contribution is -2.42. The fraction of sp³-hybridized carbons (Fsp3) is 0.556. The van der Waals surface area contributed by atoms with Crippen LogP contribution in [0.25, 0.3) is 0 Å². The van der Waals surface area contributed by atoms with Crippen LogP contribution in [-0.2, 0) is 4.79 Å². The average molecular weight is 302 g/mol. The number of nitrogens with zero attached hydrogens (tertiary/aromatic N) is 1. The molecule has 2 rings (SSSR count). The van der Waals surface area contributed by atoms with Crippen molar-refractivity contribution in [1.29, 1.82) is 0 Å². The molecule has 0 aromatic heterocycles. The van der Waals surface area contributed by atoms with Gasteiger partial charge in [-0.3, -0.25) is 9.59 Å². The van der Waals surface area contributed by atoms with Gasteiger partial charge in [0, 0.05) is 29.3 Å². The number of rotatable bonds is 5. The summed E-state index contributed by atoms with van der Waals surface area (Å²) in [6, 6.07) is 7.49. The Kier molecular flexibility index (Phi) is 4.89. The van der Waals surface area contributed by atoms with Gasteiger partial charge in [-0.1, -0.05) is 13.0 Å². The Bertz CT molecular complexity index is 558. The summed E-state index contributed by atoms with van der Waals surface area (Å²) in [5, 5.41) is 2.92. The van der Waals surface area contributed by atoms with Crippen LogP contribution in [0.1, 0.15) is 51.4 Å². The molecule has 1 aromatic rings. The van der Waals surface area contributed by atoms with Crippen molar-refractivity contribution in [2.24, 2.45) is 11.8 Å². The standard InChI is InChI=1S/C18H26N2O2/c1-11(2)20(12(3)4)18(22)14-7-6-8-15(10-14)19-17(21)16-9-13(16)5/h6-8,10-13,16H,9H2,1-5H3,(H,19,21). The van der Waals surface area contributed by atoms with Gasteiger partial charge in [0.2, 0.25) is 5.91 Å². The lowest BCUT2D eigenvalue weighted by molar-refractivity contribution is -0.117. The highest BCUT2D eigenvalue weighted by molar-refractivity contribution is 5.98. The number of carbonyl (C=O) groups excluding carboxylic acids is 2. The van der Waals surface area contributed by atoms with E-state index in [0.29, 0.717) is 17.2 Å². The molecule has 1 aromatic carbocycles. The van der Waals surface area contributed by atoms with E-state index in [-0.39, 0.29) is 29.8 Å². The van der Waals surface area contributed by atoms with Gasteiger partial charge in [0.1, 0.15) is 0 Å². The van der Waals surface area contributed by atoms with E-state index in [0.717, 1.165) is 6.42 Å². The predicted octanol–water partition coefficient (Wildman–Crippen LogP) is 3.54. The Morgan fingerprint density at radius 1 is 1.18 bits per heavy atom. The Morgan fingerprint density at radius 2 is 1.77 bits per heavy atom. The number of hydrogen-bond acceptors (Lipinski definition) is 2. The summed E-state index contributed by atoms with van der Waals surface area (Å²) in [7, 11) is 0. The van der Waals surface area contributed by atoms with Gasteiger partial charge in [-0.05, 0) is 58.2 Å². The molecular weight excluding hydrogens is 276 g/mol. The number of amides is 2. The minimum Gasteiger partial charge on any atom is -0.334 e. The molecule has 2 amide bonds. The zero-order chi connectivity index (χ0) is 16.4. The van der Waals surface area contributed by atoms with E-state index in [2.05, 4.69) is 12.2 Å². The molecule has 4 heteroatoms. The molecule has 2 atom stereocenters. The van der Waals surface area contributed by atoms with Gasteiger partial charge in [0.25, 0.3) is 5.91 Å². The molecule has 1 fully saturated rings. The minimum atomic E-state index is 0.000823. The first-order chi connectivity index (χ1) is 10.3. The zero-order valence-corrected chi connectivity index (χ0v) is 14.1.